The zero-order valence-electron chi connectivity index (χ0n) is 11.9. The molecule has 0 aliphatic heterocycles. The molecule has 0 unspecified atom stereocenters. The zero-order valence-corrected chi connectivity index (χ0v) is 11.9. The number of anilines is 1. The van der Waals surface area contributed by atoms with Crippen LogP contribution in [0.4, 0.5) is 5.69 Å². The summed E-state index contributed by atoms with van der Waals surface area (Å²) >= 11 is 0. The van der Waals surface area contributed by atoms with Crippen molar-refractivity contribution < 1.29 is 4.74 Å². The van der Waals surface area contributed by atoms with E-state index < -0.39 is 0 Å². The van der Waals surface area contributed by atoms with Crippen molar-refractivity contribution in [3.63, 3.8) is 0 Å². The predicted molar refractivity (Wildman–Crippen MR) is 87.5 cm³/mol. The van der Waals surface area contributed by atoms with Crippen LogP contribution in [0.3, 0.4) is 0 Å². The van der Waals surface area contributed by atoms with E-state index in [1.807, 2.05) is 61.5 Å². The standard InChI is InChI=1S/C19H17NO/c1-14-11-12-17(20)19(13-14)21-18-10-6-5-9-16(18)15-7-3-2-4-8-15/h2-13H,20H2,1H3. The number of nitrogen functional groups attached to an aromatic ring is 1. The van der Waals surface area contributed by atoms with E-state index in [9.17, 15) is 0 Å². The lowest BCUT2D eigenvalue weighted by atomic mass is 10.0. The Morgan fingerprint density at radius 3 is 2.29 bits per heavy atom. The van der Waals surface area contributed by atoms with Gasteiger partial charge in [0.15, 0.2) is 5.75 Å². The predicted octanol–water partition coefficient (Wildman–Crippen LogP) is 5.04. The van der Waals surface area contributed by atoms with Gasteiger partial charge in [-0.15, -0.1) is 0 Å². The van der Waals surface area contributed by atoms with Crippen molar-refractivity contribution in [1.29, 1.82) is 0 Å². The third-order valence-corrected chi connectivity index (χ3v) is 3.36. The van der Waals surface area contributed by atoms with Gasteiger partial charge >= 0.3 is 0 Å². The maximum Gasteiger partial charge on any atom is 0.150 e. The second-order valence-corrected chi connectivity index (χ2v) is 5.01. The molecule has 0 saturated carbocycles. The molecule has 3 aromatic rings. The van der Waals surface area contributed by atoms with Crippen molar-refractivity contribution in [3.05, 3.63) is 78.4 Å². The minimum atomic E-state index is 0.642. The molecule has 21 heavy (non-hydrogen) atoms. The van der Waals surface area contributed by atoms with E-state index in [0.29, 0.717) is 11.4 Å². The van der Waals surface area contributed by atoms with Crippen LogP contribution in [-0.2, 0) is 0 Å². The van der Waals surface area contributed by atoms with E-state index in [1.54, 1.807) is 0 Å². The molecule has 2 nitrogen and oxygen atoms in total. The molecule has 0 aliphatic rings. The van der Waals surface area contributed by atoms with Gasteiger partial charge in [-0.3, -0.25) is 0 Å². The quantitative estimate of drug-likeness (QED) is 0.680. The molecule has 0 aliphatic carbocycles. The Morgan fingerprint density at radius 1 is 0.762 bits per heavy atom. The molecule has 2 N–H and O–H groups in total. The molecular formula is C19H17NO. The molecule has 0 heterocycles. The maximum atomic E-state index is 6.05. The van der Waals surface area contributed by atoms with Crippen LogP contribution in [0, 0.1) is 6.92 Å². The molecule has 104 valence electrons. The molecule has 0 radical (unpaired) electrons. The van der Waals surface area contributed by atoms with Gasteiger partial charge < -0.3 is 10.5 Å². The van der Waals surface area contributed by atoms with Crippen LogP contribution in [0.25, 0.3) is 11.1 Å². The Bertz CT molecular complexity index is 751. The first-order chi connectivity index (χ1) is 10.2. The van der Waals surface area contributed by atoms with Gasteiger partial charge in [0.2, 0.25) is 0 Å². The lowest BCUT2D eigenvalue weighted by molar-refractivity contribution is 0.486. The molecule has 0 bridgehead atoms. The Kier molecular flexibility index (Phi) is 3.61. The zero-order chi connectivity index (χ0) is 14.7. The summed E-state index contributed by atoms with van der Waals surface area (Å²) in [6, 6.07) is 24.0. The SMILES string of the molecule is Cc1ccc(N)c(Oc2ccccc2-c2ccccc2)c1. The molecule has 0 aromatic heterocycles. The van der Waals surface area contributed by atoms with Crippen molar-refractivity contribution in [2.45, 2.75) is 6.92 Å². The second kappa shape index (κ2) is 5.71. The highest BCUT2D eigenvalue weighted by atomic mass is 16.5. The number of hydrogen-bond donors (Lipinski definition) is 1. The number of aryl methyl sites for hydroxylation is 1. The largest absolute Gasteiger partial charge is 0.455 e. The van der Waals surface area contributed by atoms with Crippen molar-refractivity contribution in [3.8, 4) is 22.6 Å². The summed E-state index contributed by atoms with van der Waals surface area (Å²) in [6.07, 6.45) is 0. The van der Waals surface area contributed by atoms with Crippen LogP contribution >= 0.6 is 0 Å². The van der Waals surface area contributed by atoms with Gasteiger partial charge in [0.1, 0.15) is 5.75 Å². The molecule has 3 rings (SSSR count). The first-order valence-corrected chi connectivity index (χ1v) is 6.92. The molecule has 3 aromatic carbocycles. The van der Waals surface area contributed by atoms with Gasteiger partial charge in [-0.25, -0.2) is 0 Å². The number of para-hydroxylation sites is 1. The summed E-state index contributed by atoms with van der Waals surface area (Å²) in [5, 5.41) is 0. The molecule has 0 fully saturated rings. The minimum Gasteiger partial charge on any atom is -0.455 e. The lowest BCUT2D eigenvalue weighted by Gasteiger charge is -2.13. The fourth-order valence-corrected chi connectivity index (χ4v) is 2.26. The first-order valence-electron chi connectivity index (χ1n) is 6.92. The summed E-state index contributed by atoms with van der Waals surface area (Å²) in [7, 11) is 0. The highest BCUT2D eigenvalue weighted by Gasteiger charge is 2.08. The fourth-order valence-electron chi connectivity index (χ4n) is 2.26. The Hall–Kier alpha value is -2.74. The normalized spacial score (nSPS) is 10.3. The van der Waals surface area contributed by atoms with Gasteiger partial charge in [0, 0.05) is 5.56 Å². The first kappa shape index (κ1) is 13.3. The lowest BCUT2D eigenvalue weighted by Crippen LogP contribution is -1.94. The molecule has 2 heteroatoms. The van der Waals surface area contributed by atoms with E-state index in [2.05, 4.69) is 18.2 Å². The average Bonchev–Trinajstić information content (AvgIpc) is 2.52. The molecule has 0 saturated heterocycles. The Balaban J connectivity index is 2.02. The van der Waals surface area contributed by atoms with E-state index in [1.165, 1.54) is 0 Å². The van der Waals surface area contributed by atoms with Crippen LogP contribution in [0.5, 0.6) is 11.5 Å². The summed E-state index contributed by atoms with van der Waals surface area (Å²) in [6.45, 7) is 2.02. The average molecular weight is 275 g/mol. The summed E-state index contributed by atoms with van der Waals surface area (Å²) in [5.74, 6) is 1.50. The highest BCUT2D eigenvalue weighted by molar-refractivity contribution is 5.71. The highest BCUT2D eigenvalue weighted by Crippen LogP contribution is 2.35. The topological polar surface area (TPSA) is 35.2 Å². The van der Waals surface area contributed by atoms with Crippen LogP contribution in [0.2, 0.25) is 0 Å². The van der Waals surface area contributed by atoms with Crippen molar-refractivity contribution >= 4 is 5.69 Å². The van der Waals surface area contributed by atoms with E-state index in [0.717, 1.165) is 22.4 Å². The minimum absolute atomic E-state index is 0.642. The number of nitrogens with two attached hydrogens (primary N) is 1. The maximum absolute atomic E-state index is 6.05. The summed E-state index contributed by atoms with van der Waals surface area (Å²) in [5.41, 5.74) is 9.94. The van der Waals surface area contributed by atoms with Gasteiger partial charge in [-0.05, 0) is 36.2 Å². The van der Waals surface area contributed by atoms with Crippen molar-refractivity contribution in [2.24, 2.45) is 0 Å². The molecular weight excluding hydrogens is 258 g/mol. The van der Waals surface area contributed by atoms with Crippen LogP contribution < -0.4 is 10.5 Å². The Labute approximate surface area is 124 Å². The van der Waals surface area contributed by atoms with Crippen molar-refractivity contribution in [2.75, 3.05) is 5.73 Å². The molecule has 0 atom stereocenters. The number of benzene rings is 3. The number of rotatable bonds is 3. The van der Waals surface area contributed by atoms with E-state index >= 15 is 0 Å². The van der Waals surface area contributed by atoms with Crippen molar-refractivity contribution in [1.82, 2.24) is 0 Å². The fraction of sp³-hybridized carbons (Fsp3) is 0.0526. The van der Waals surface area contributed by atoms with Crippen LogP contribution in [0.1, 0.15) is 5.56 Å². The van der Waals surface area contributed by atoms with E-state index in [-0.39, 0.29) is 0 Å². The third-order valence-electron chi connectivity index (χ3n) is 3.36. The van der Waals surface area contributed by atoms with Gasteiger partial charge in [0.25, 0.3) is 0 Å². The van der Waals surface area contributed by atoms with Gasteiger partial charge in [-0.2, -0.15) is 0 Å². The number of ether oxygens (including phenoxy) is 1. The number of hydrogen-bond acceptors (Lipinski definition) is 2. The van der Waals surface area contributed by atoms with Crippen LogP contribution in [-0.4, -0.2) is 0 Å². The van der Waals surface area contributed by atoms with Gasteiger partial charge in [0.05, 0.1) is 5.69 Å². The van der Waals surface area contributed by atoms with Gasteiger partial charge in [-0.1, -0.05) is 54.6 Å². The Morgan fingerprint density at radius 2 is 1.48 bits per heavy atom. The second-order valence-electron chi connectivity index (χ2n) is 5.01. The summed E-state index contributed by atoms with van der Waals surface area (Å²) in [4.78, 5) is 0. The molecule has 0 spiro atoms. The van der Waals surface area contributed by atoms with Crippen LogP contribution in [0.15, 0.2) is 72.8 Å². The third kappa shape index (κ3) is 2.90. The van der Waals surface area contributed by atoms with E-state index in [4.69, 9.17) is 10.5 Å². The molecule has 0 amide bonds. The monoisotopic (exact) mass is 275 g/mol. The summed E-state index contributed by atoms with van der Waals surface area (Å²) < 4.78 is 6.05. The smallest absolute Gasteiger partial charge is 0.150 e.